The monoisotopic (exact) mass is 549 g/mol. The predicted molar refractivity (Wildman–Crippen MR) is 159 cm³/mol. The van der Waals surface area contributed by atoms with Crippen LogP contribution in [0.2, 0.25) is 0 Å². The van der Waals surface area contributed by atoms with Gasteiger partial charge in [0.2, 0.25) is 5.91 Å². The summed E-state index contributed by atoms with van der Waals surface area (Å²) in [5.74, 6) is 1.25. The molecule has 0 bridgehead atoms. The van der Waals surface area contributed by atoms with Crippen molar-refractivity contribution in [1.82, 2.24) is 15.1 Å². The average Bonchev–Trinajstić information content (AvgIpc) is 3.18. The van der Waals surface area contributed by atoms with Crippen molar-refractivity contribution in [2.75, 3.05) is 25.1 Å². The third-order valence-corrected chi connectivity index (χ3v) is 8.26. The molecule has 6 nitrogen and oxygen atoms in total. The lowest BCUT2D eigenvalue weighted by Gasteiger charge is -2.44. The Kier molecular flexibility index (Phi) is 9.52. The van der Waals surface area contributed by atoms with Gasteiger partial charge in [-0.15, -0.1) is 0 Å². The number of nitrogens with one attached hydrogen (secondary N) is 1. The zero-order valence-electron chi connectivity index (χ0n) is 21.9. The number of hydrogen-bond acceptors (Lipinski definition) is 5. The molecular weight excluding hydrogens is 514 g/mol. The van der Waals surface area contributed by atoms with Crippen LogP contribution in [0.3, 0.4) is 0 Å². The lowest BCUT2D eigenvalue weighted by molar-refractivity contribution is -0.134. The largest absolute Gasteiger partial charge is 0.334 e. The minimum atomic E-state index is -0.383. The van der Waals surface area contributed by atoms with Crippen LogP contribution in [0, 0.1) is 0 Å². The Balaban J connectivity index is 0.000000317. The van der Waals surface area contributed by atoms with Gasteiger partial charge in [0.1, 0.15) is 0 Å². The topological polar surface area (TPSA) is 69.7 Å². The van der Waals surface area contributed by atoms with E-state index in [1.165, 1.54) is 10.8 Å². The number of hydrogen-bond donors (Lipinski definition) is 2. The molecule has 2 aliphatic heterocycles. The quantitative estimate of drug-likeness (QED) is 0.308. The van der Waals surface area contributed by atoms with E-state index >= 15 is 0 Å². The predicted octanol–water partition coefficient (Wildman–Crippen LogP) is 5.62. The van der Waals surface area contributed by atoms with Crippen LogP contribution < -0.4 is 5.32 Å². The highest BCUT2D eigenvalue weighted by Crippen LogP contribution is 2.35. The number of carbonyl (C=O) groups is 3. The minimum absolute atomic E-state index is 0.121. The molecule has 1 unspecified atom stereocenters. The molecule has 3 aromatic rings. The van der Waals surface area contributed by atoms with Crippen molar-refractivity contribution in [1.29, 1.82) is 0 Å². The SMILES string of the molecule is CC(=O)c1ccccc1.CSCCC1NC2(CCN(C(=O)S)CC2)N(Cc2ccc3ccccc3c2)C1=O. The Morgan fingerprint density at radius 1 is 1.00 bits per heavy atom. The molecule has 2 heterocycles. The lowest BCUT2D eigenvalue weighted by Crippen LogP contribution is -2.58. The highest BCUT2D eigenvalue weighted by atomic mass is 32.2. The molecule has 1 spiro atoms. The number of thiol groups is 1. The van der Waals surface area contributed by atoms with Gasteiger partial charge in [0.15, 0.2) is 5.78 Å². The van der Waals surface area contributed by atoms with Crippen LogP contribution in [-0.2, 0) is 11.3 Å². The number of Topliss-reactive ketones (excluding diaryl/α,β-unsaturated/α-hetero) is 1. The Bertz CT molecular complexity index is 1280. The number of ketones is 1. The number of rotatable bonds is 6. The highest BCUT2D eigenvalue weighted by molar-refractivity contribution is 7.98. The number of benzene rings is 3. The van der Waals surface area contributed by atoms with Gasteiger partial charge in [-0.2, -0.15) is 11.8 Å². The van der Waals surface area contributed by atoms with Crippen molar-refractivity contribution in [2.45, 2.75) is 44.4 Å². The van der Waals surface area contributed by atoms with Crippen LogP contribution >= 0.6 is 24.4 Å². The number of nitrogens with zero attached hydrogens (tertiary/aromatic N) is 2. The molecule has 1 atom stereocenters. The van der Waals surface area contributed by atoms with Crippen LogP contribution in [0.15, 0.2) is 72.8 Å². The molecular formula is C30H35N3O3S2. The van der Waals surface area contributed by atoms with Crippen molar-refractivity contribution in [3.8, 4) is 0 Å². The van der Waals surface area contributed by atoms with E-state index in [0.717, 1.165) is 36.1 Å². The van der Waals surface area contributed by atoms with Crippen LogP contribution in [0.5, 0.6) is 0 Å². The summed E-state index contributed by atoms with van der Waals surface area (Å²) in [6, 6.07) is 23.8. The molecule has 200 valence electrons. The van der Waals surface area contributed by atoms with Crippen LogP contribution in [-0.4, -0.2) is 63.5 Å². The van der Waals surface area contributed by atoms with Gasteiger partial charge in [0.25, 0.3) is 5.24 Å². The van der Waals surface area contributed by atoms with Gasteiger partial charge >= 0.3 is 0 Å². The van der Waals surface area contributed by atoms with E-state index in [2.05, 4.69) is 54.5 Å². The number of thioether (sulfide) groups is 1. The van der Waals surface area contributed by atoms with Gasteiger partial charge in [-0.25, -0.2) is 0 Å². The Morgan fingerprint density at radius 3 is 2.26 bits per heavy atom. The summed E-state index contributed by atoms with van der Waals surface area (Å²) in [6.45, 7) is 3.38. The maximum absolute atomic E-state index is 13.3. The molecule has 5 rings (SSSR count). The Morgan fingerprint density at radius 2 is 1.66 bits per heavy atom. The second kappa shape index (κ2) is 12.8. The second-order valence-corrected chi connectivity index (χ2v) is 11.2. The van der Waals surface area contributed by atoms with Crippen molar-refractivity contribution in [2.24, 2.45) is 0 Å². The van der Waals surface area contributed by atoms with E-state index in [1.54, 1.807) is 23.6 Å². The average molecular weight is 550 g/mol. The van der Waals surface area contributed by atoms with Gasteiger partial charge in [0.05, 0.1) is 11.7 Å². The lowest BCUT2D eigenvalue weighted by atomic mass is 9.95. The number of piperidine rings is 1. The summed E-state index contributed by atoms with van der Waals surface area (Å²) < 4.78 is 0. The first-order chi connectivity index (χ1) is 18.3. The van der Waals surface area contributed by atoms with E-state index in [-0.39, 0.29) is 28.6 Å². The van der Waals surface area contributed by atoms with Gasteiger partial charge < -0.3 is 9.80 Å². The van der Waals surface area contributed by atoms with Gasteiger partial charge in [-0.1, -0.05) is 79.4 Å². The third kappa shape index (κ3) is 6.60. The molecule has 3 aromatic carbocycles. The molecule has 2 saturated heterocycles. The number of fused-ring (bicyclic) bond motifs is 1. The first-order valence-electron chi connectivity index (χ1n) is 12.9. The zero-order chi connectivity index (χ0) is 27.1. The third-order valence-electron chi connectivity index (χ3n) is 7.33. The van der Waals surface area contributed by atoms with Crippen LogP contribution in [0.25, 0.3) is 10.8 Å². The fraction of sp³-hybridized carbons (Fsp3) is 0.367. The van der Waals surface area contributed by atoms with Gasteiger partial charge in [-0.05, 0) is 47.8 Å². The Labute approximate surface area is 234 Å². The van der Waals surface area contributed by atoms with E-state index < -0.39 is 0 Å². The highest BCUT2D eigenvalue weighted by Gasteiger charge is 2.51. The van der Waals surface area contributed by atoms with Gasteiger partial charge in [-0.3, -0.25) is 19.7 Å². The van der Waals surface area contributed by atoms with E-state index in [4.69, 9.17) is 0 Å². The van der Waals surface area contributed by atoms with Crippen molar-refractivity contribution in [3.63, 3.8) is 0 Å². The molecule has 0 radical (unpaired) electrons. The first kappa shape index (κ1) is 28.2. The van der Waals surface area contributed by atoms with Crippen LogP contribution in [0.1, 0.15) is 42.1 Å². The molecule has 8 heteroatoms. The molecule has 2 aliphatic rings. The normalized spacial score (nSPS) is 18.4. The fourth-order valence-corrected chi connectivity index (χ4v) is 5.87. The smallest absolute Gasteiger partial charge is 0.278 e. The van der Waals surface area contributed by atoms with Crippen LogP contribution in [0.4, 0.5) is 4.79 Å². The van der Waals surface area contributed by atoms with Gasteiger partial charge in [0, 0.05) is 38.0 Å². The minimum Gasteiger partial charge on any atom is -0.334 e. The summed E-state index contributed by atoms with van der Waals surface area (Å²) in [7, 11) is 0. The fourth-order valence-electron chi connectivity index (χ4n) is 5.20. The maximum Gasteiger partial charge on any atom is 0.278 e. The number of likely N-dealkylation sites (tertiary alicyclic amines) is 1. The molecule has 0 saturated carbocycles. The summed E-state index contributed by atoms with van der Waals surface area (Å²) in [5.41, 5.74) is 1.53. The molecule has 2 amide bonds. The van der Waals surface area contributed by atoms with Crippen molar-refractivity contribution in [3.05, 3.63) is 83.9 Å². The summed E-state index contributed by atoms with van der Waals surface area (Å²) >= 11 is 5.74. The number of carbonyl (C=O) groups excluding carboxylic acids is 3. The first-order valence-corrected chi connectivity index (χ1v) is 14.8. The van der Waals surface area contributed by atoms with Crippen molar-refractivity contribution < 1.29 is 14.4 Å². The second-order valence-electron chi connectivity index (χ2n) is 9.81. The molecule has 0 aliphatic carbocycles. The molecule has 1 N–H and O–H groups in total. The zero-order valence-corrected chi connectivity index (χ0v) is 23.6. The standard InChI is InChI=1S/C22H27N3O2S2.C8H8O/c1-29-13-8-19-20(26)25(22(23-19)9-11-24(12-10-22)21(27)28)15-16-6-7-17-4-2-3-5-18(17)14-16;1-7(9)8-5-3-2-4-6-8/h2-7,14,19,23H,8-13,15H2,1H3,(H,27,28);2-6H,1H3. The summed E-state index contributed by atoms with van der Waals surface area (Å²) in [4.78, 5) is 39.4. The molecule has 0 aromatic heterocycles. The summed E-state index contributed by atoms with van der Waals surface area (Å²) in [6.07, 6.45) is 4.35. The number of amides is 2. The summed E-state index contributed by atoms with van der Waals surface area (Å²) in [5, 5.41) is 5.86. The van der Waals surface area contributed by atoms with Crippen molar-refractivity contribution >= 4 is 52.1 Å². The molecule has 38 heavy (non-hydrogen) atoms. The van der Waals surface area contributed by atoms with E-state index in [0.29, 0.717) is 19.6 Å². The maximum atomic E-state index is 13.3. The molecule has 2 fully saturated rings. The van der Waals surface area contributed by atoms with E-state index in [1.807, 2.05) is 47.4 Å². The van der Waals surface area contributed by atoms with E-state index in [9.17, 15) is 14.4 Å². The Hall–Kier alpha value is -2.81.